The molecule has 0 heterocycles. The Labute approximate surface area is 131 Å². The van der Waals surface area contributed by atoms with Crippen LogP contribution in [0.4, 0.5) is 0 Å². The smallest absolute Gasteiger partial charge is 0.0593 e. The van der Waals surface area contributed by atoms with E-state index in [4.69, 9.17) is 4.74 Å². The zero-order valence-electron chi connectivity index (χ0n) is 14.5. The van der Waals surface area contributed by atoms with Gasteiger partial charge in [-0.25, -0.2) is 0 Å². The first kappa shape index (κ1) is 17.2. The fourth-order valence-electron chi connectivity index (χ4n) is 3.56. The first-order valence-corrected chi connectivity index (χ1v) is 9.10. The predicted octanol–water partition coefficient (Wildman–Crippen LogP) is 3.15. The van der Waals surface area contributed by atoms with Crippen LogP contribution >= 0.6 is 0 Å². The molecule has 2 saturated carbocycles. The molecule has 0 bridgehead atoms. The molecule has 2 aliphatic carbocycles. The number of ether oxygens (including phenoxy) is 1. The van der Waals surface area contributed by atoms with Crippen molar-refractivity contribution >= 4 is 0 Å². The molecule has 0 saturated heterocycles. The predicted molar refractivity (Wildman–Crippen MR) is 89.6 cm³/mol. The highest BCUT2D eigenvalue weighted by molar-refractivity contribution is 4.88. The lowest BCUT2D eigenvalue weighted by Crippen LogP contribution is -2.45. The van der Waals surface area contributed by atoms with E-state index >= 15 is 0 Å². The Morgan fingerprint density at radius 2 is 1.90 bits per heavy atom. The molecule has 1 N–H and O–H groups in total. The van der Waals surface area contributed by atoms with Gasteiger partial charge in [0.05, 0.1) is 6.61 Å². The number of nitrogens with zero attached hydrogens (tertiary/aromatic N) is 1. The lowest BCUT2D eigenvalue weighted by molar-refractivity contribution is 0.0659. The van der Waals surface area contributed by atoms with Crippen LogP contribution in [0.25, 0.3) is 0 Å². The first-order valence-electron chi connectivity index (χ1n) is 9.10. The molecule has 0 aromatic carbocycles. The van der Waals surface area contributed by atoms with Crippen molar-refractivity contribution in [3.63, 3.8) is 0 Å². The Balaban J connectivity index is 1.70. The summed E-state index contributed by atoms with van der Waals surface area (Å²) in [6, 6.07) is 0. The van der Waals surface area contributed by atoms with E-state index in [0.717, 1.165) is 38.1 Å². The molecule has 3 heteroatoms. The summed E-state index contributed by atoms with van der Waals surface area (Å²) in [5, 5.41) is 3.61. The zero-order chi connectivity index (χ0) is 15.1. The number of rotatable bonds is 10. The van der Waals surface area contributed by atoms with E-state index in [-0.39, 0.29) is 0 Å². The summed E-state index contributed by atoms with van der Waals surface area (Å²) >= 11 is 0. The van der Waals surface area contributed by atoms with Gasteiger partial charge in [0.2, 0.25) is 0 Å². The van der Waals surface area contributed by atoms with E-state index in [1.165, 1.54) is 51.6 Å². The highest BCUT2D eigenvalue weighted by Gasteiger charge is 2.34. The quantitative estimate of drug-likeness (QED) is 0.627. The van der Waals surface area contributed by atoms with Crippen LogP contribution in [-0.4, -0.2) is 51.3 Å². The summed E-state index contributed by atoms with van der Waals surface area (Å²) < 4.78 is 5.79. The van der Waals surface area contributed by atoms with Crippen molar-refractivity contribution in [2.24, 2.45) is 17.3 Å². The minimum absolute atomic E-state index is 0.494. The molecule has 0 aromatic rings. The van der Waals surface area contributed by atoms with E-state index in [2.05, 4.69) is 31.1 Å². The maximum absolute atomic E-state index is 5.79. The third-order valence-corrected chi connectivity index (χ3v) is 5.36. The zero-order valence-corrected chi connectivity index (χ0v) is 14.5. The molecule has 21 heavy (non-hydrogen) atoms. The Kier molecular flexibility index (Phi) is 6.97. The maximum Gasteiger partial charge on any atom is 0.0593 e. The van der Waals surface area contributed by atoms with Gasteiger partial charge in [-0.3, -0.25) is 0 Å². The van der Waals surface area contributed by atoms with Gasteiger partial charge < -0.3 is 15.0 Å². The van der Waals surface area contributed by atoms with Crippen LogP contribution in [0.2, 0.25) is 0 Å². The van der Waals surface area contributed by atoms with Gasteiger partial charge in [-0.15, -0.1) is 0 Å². The van der Waals surface area contributed by atoms with Crippen molar-refractivity contribution < 1.29 is 4.74 Å². The van der Waals surface area contributed by atoms with Crippen molar-refractivity contribution in [2.45, 2.75) is 52.4 Å². The SMILES string of the molecule is CCNCC1(CN(C)CCOCC2CC2)CCC(C)CC1. The van der Waals surface area contributed by atoms with Crippen LogP contribution in [0, 0.1) is 17.3 Å². The van der Waals surface area contributed by atoms with Crippen LogP contribution in [0.5, 0.6) is 0 Å². The summed E-state index contributed by atoms with van der Waals surface area (Å²) in [6.07, 6.45) is 8.34. The molecule has 0 atom stereocenters. The summed E-state index contributed by atoms with van der Waals surface area (Å²) in [5.74, 6) is 1.81. The number of nitrogens with one attached hydrogen (secondary N) is 1. The fraction of sp³-hybridized carbons (Fsp3) is 1.00. The second kappa shape index (κ2) is 8.50. The maximum atomic E-state index is 5.79. The number of hydrogen-bond acceptors (Lipinski definition) is 3. The van der Waals surface area contributed by atoms with Gasteiger partial charge in [0, 0.05) is 26.2 Å². The highest BCUT2D eigenvalue weighted by atomic mass is 16.5. The molecule has 0 spiro atoms. The van der Waals surface area contributed by atoms with Gasteiger partial charge in [-0.05, 0) is 56.5 Å². The minimum atomic E-state index is 0.494. The third-order valence-electron chi connectivity index (χ3n) is 5.36. The second-order valence-corrected chi connectivity index (χ2v) is 7.72. The molecular weight excluding hydrogens is 260 g/mol. The largest absolute Gasteiger partial charge is 0.380 e. The number of likely N-dealkylation sites (N-methyl/N-ethyl adjacent to an activating group) is 1. The Hall–Kier alpha value is -0.120. The van der Waals surface area contributed by atoms with Crippen molar-refractivity contribution in [1.82, 2.24) is 10.2 Å². The normalized spacial score (nSPS) is 30.0. The Bertz CT molecular complexity index is 277. The van der Waals surface area contributed by atoms with Crippen LogP contribution in [-0.2, 0) is 4.74 Å². The van der Waals surface area contributed by atoms with Crippen LogP contribution in [0.3, 0.4) is 0 Å². The van der Waals surface area contributed by atoms with Crippen molar-refractivity contribution in [2.75, 3.05) is 46.4 Å². The van der Waals surface area contributed by atoms with E-state index < -0.39 is 0 Å². The Morgan fingerprint density at radius 3 is 2.52 bits per heavy atom. The molecule has 0 aromatic heterocycles. The standard InChI is InChI=1S/C18H36N2O/c1-4-19-14-18(9-7-16(2)8-10-18)15-20(3)11-12-21-13-17-5-6-17/h16-17,19H,4-15H2,1-3H3. The molecule has 0 radical (unpaired) electrons. The molecule has 3 nitrogen and oxygen atoms in total. The van der Waals surface area contributed by atoms with Crippen LogP contribution in [0.1, 0.15) is 52.4 Å². The van der Waals surface area contributed by atoms with Crippen molar-refractivity contribution in [3.8, 4) is 0 Å². The second-order valence-electron chi connectivity index (χ2n) is 7.72. The third kappa shape index (κ3) is 6.25. The van der Waals surface area contributed by atoms with Gasteiger partial charge in [0.25, 0.3) is 0 Å². The monoisotopic (exact) mass is 296 g/mol. The molecule has 0 unspecified atom stereocenters. The van der Waals surface area contributed by atoms with Gasteiger partial charge in [-0.2, -0.15) is 0 Å². The molecular formula is C18H36N2O. The first-order chi connectivity index (χ1) is 10.1. The van der Waals surface area contributed by atoms with E-state index in [1.54, 1.807) is 0 Å². The summed E-state index contributed by atoms with van der Waals surface area (Å²) in [7, 11) is 2.27. The molecule has 2 fully saturated rings. The van der Waals surface area contributed by atoms with Crippen molar-refractivity contribution in [1.29, 1.82) is 0 Å². The van der Waals surface area contributed by atoms with Gasteiger partial charge in [-0.1, -0.05) is 26.7 Å². The van der Waals surface area contributed by atoms with Gasteiger partial charge in [0.15, 0.2) is 0 Å². The minimum Gasteiger partial charge on any atom is -0.380 e. The topological polar surface area (TPSA) is 24.5 Å². The lowest BCUT2D eigenvalue weighted by atomic mass is 9.70. The van der Waals surface area contributed by atoms with Crippen LogP contribution < -0.4 is 5.32 Å². The Morgan fingerprint density at radius 1 is 1.19 bits per heavy atom. The van der Waals surface area contributed by atoms with Gasteiger partial charge in [0.1, 0.15) is 0 Å². The van der Waals surface area contributed by atoms with Crippen molar-refractivity contribution in [3.05, 3.63) is 0 Å². The van der Waals surface area contributed by atoms with Crippen LogP contribution in [0.15, 0.2) is 0 Å². The molecule has 124 valence electrons. The average molecular weight is 296 g/mol. The molecule has 2 rings (SSSR count). The summed E-state index contributed by atoms with van der Waals surface area (Å²) in [4.78, 5) is 2.50. The van der Waals surface area contributed by atoms with E-state index in [1.807, 2.05) is 0 Å². The number of hydrogen-bond donors (Lipinski definition) is 1. The fourth-order valence-corrected chi connectivity index (χ4v) is 3.56. The molecule has 2 aliphatic rings. The lowest BCUT2D eigenvalue weighted by Gasteiger charge is -2.42. The summed E-state index contributed by atoms with van der Waals surface area (Å²) in [5.41, 5.74) is 0.494. The molecule has 0 amide bonds. The van der Waals surface area contributed by atoms with Gasteiger partial charge >= 0.3 is 0 Å². The van der Waals surface area contributed by atoms with E-state index in [9.17, 15) is 0 Å². The summed E-state index contributed by atoms with van der Waals surface area (Å²) in [6.45, 7) is 11.1. The van der Waals surface area contributed by atoms with E-state index in [0.29, 0.717) is 5.41 Å². The molecule has 0 aliphatic heterocycles. The highest BCUT2D eigenvalue weighted by Crippen LogP contribution is 2.39. The average Bonchev–Trinajstić information content (AvgIpc) is 3.29.